The third-order valence-corrected chi connectivity index (χ3v) is 4.44. The Hall–Kier alpha value is -2.33. The molecular weight excluding hydrogens is 296 g/mol. The monoisotopic (exact) mass is 310 g/mol. The average Bonchev–Trinajstić information content (AvgIpc) is 2.91. The summed E-state index contributed by atoms with van der Waals surface area (Å²) in [5.74, 6) is -0.314. The normalized spacial score (nSPS) is 11.6. The summed E-state index contributed by atoms with van der Waals surface area (Å²) in [6, 6.07) is 5.91. The Morgan fingerprint density at radius 2 is 1.95 bits per heavy atom. The van der Waals surface area contributed by atoms with Crippen LogP contribution in [-0.2, 0) is 21.4 Å². The number of amides is 1. The van der Waals surface area contributed by atoms with Crippen LogP contribution >= 0.6 is 0 Å². The smallest absolute Gasteiger partial charge is 0.246 e. The van der Waals surface area contributed by atoms with Gasteiger partial charge in [-0.05, 0) is 34.7 Å². The number of carbonyl (C=O) groups excluding carboxylic acids is 1. The fourth-order valence-electron chi connectivity index (χ4n) is 1.52. The van der Waals surface area contributed by atoms with Gasteiger partial charge in [-0.25, -0.2) is 17.4 Å². The first kappa shape index (κ1) is 15.1. The van der Waals surface area contributed by atoms with Gasteiger partial charge >= 0.3 is 0 Å². The van der Waals surface area contributed by atoms with Gasteiger partial charge in [0.05, 0.1) is 4.90 Å². The second-order valence-corrected chi connectivity index (χ2v) is 6.52. The lowest BCUT2D eigenvalue weighted by molar-refractivity contribution is -0.116. The van der Waals surface area contributed by atoms with Crippen LogP contribution in [-0.4, -0.2) is 52.9 Å². The number of nitrogens with zero attached hydrogens (tertiary/aromatic N) is 5. The van der Waals surface area contributed by atoms with Gasteiger partial charge in [-0.3, -0.25) is 4.79 Å². The van der Waals surface area contributed by atoms with Crippen molar-refractivity contribution in [1.29, 1.82) is 0 Å². The topological polar surface area (TPSA) is 110 Å². The molecule has 1 amide bonds. The number of tetrazole rings is 1. The standard InChI is InChI=1S/C11H14N6O3S/c1-16(2)21(19,20)10-5-3-9(4-6-10)13-11(18)7-17-8-12-14-15-17/h3-6,8H,7H2,1-2H3,(H,13,18). The van der Waals surface area contributed by atoms with Gasteiger partial charge in [0.1, 0.15) is 12.9 Å². The number of hydrogen-bond acceptors (Lipinski definition) is 6. The summed E-state index contributed by atoms with van der Waals surface area (Å²) in [6.07, 6.45) is 1.33. The first-order chi connectivity index (χ1) is 9.89. The lowest BCUT2D eigenvalue weighted by atomic mass is 10.3. The third kappa shape index (κ3) is 3.61. The zero-order valence-corrected chi connectivity index (χ0v) is 12.3. The Labute approximate surface area is 121 Å². The molecule has 0 radical (unpaired) electrons. The molecule has 0 unspecified atom stereocenters. The van der Waals surface area contributed by atoms with Crippen molar-refractivity contribution < 1.29 is 13.2 Å². The van der Waals surface area contributed by atoms with Crippen LogP contribution in [0.5, 0.6) is 0 Å². The van der Waals surface area contributed by atoms with Gasteiger partial charge in [0.15, 0.2) is 0 Å². The zero-order valence-electron chi connectivity index (χ0n) is 11.5. The molecule has 0 aliphatic rings. The molecule has 1 N–H and O–H groups in total. The van der Waals surface area contributed by atoms with Gasteiger partial charge in [-0.15, -0.1) is 5.10 Å². The van der Waals surface area contributed by atoms with Crippen LogP contribution in [0.15, 0.2) is 35.5 Å². The quantitative estimate of drug-likeness (QED) is 0.802. The number of sulfonamides is 1. The molecule has 0 spiro atoms. The second kappa shape index (κ2) is 5.97. The summed E-state index contributed by atoms with van der Waals surface area (Å²) in [6.45, 7) is -0.0231. The van der Waals surface area contributed by atoms with Gasteiger partial charge in [-0.1, -0.05) is 0 Å². The number of nitrogens with one attached hydrogen (secondary N) is 1. The van der Waals surface area contributed by atoms with Crippen LogP contribution in [0, 0.1) is 0 Å². The number of aromatic nitrogens is 4. The van der Waals surface area contributed by atoms with E-state index >= 15 is 0 Å². The maximum atomic E-state index is 11.9. The van der Waals surface area contributed by atoms with Gasteiger partial charge in [0.25, 0.3) is 0 Å². The lowest BCUT2D eigenvalue weighted by Gasteiger charge is -2.12. The molecular formula is C11H14N6O3S. The van der Waals surface area contributed by atoms with Crippen molar-refractivity contribution in [2.24, 2.45) is 0 Å². The summed E-state index contributed by atoms with van der Waals surface area (Å²) in [4.78, 5) is 11.9. The number of anilines is 1. The summed E-state index contributed by atoms with van der Waals surface area (Å²) >= 11 is 0. The zero-order chi connectivity index (χ0) is 15.5. The van der Waals surface area contributed by atoms with E-state index < -0.39 is 10.0 Å². The first-order valence-electron chi connectivity index (χ1n) is 5.93. The van der Waals surface area contributed by atoms with E-state index in [0.29, 0.717) is 5.69 Å². The Kier molecular flexibility index (Phi) is 4.29. The van der Waals surface area contributed by atoms with Gasteiger partial charge in [-0.2, -0.15) is 0 Å². The van der Waals surface area contributed by atoms with E-state index in [1.54, 1.807) is 0 Å². The molecule has 0 fully saturated rings. The molecule has 0 aliphatic heterocycles. The minimum Gasteiger partial charge on any atom is -0.324 e. The van der Waals surface area contributed by atoms with Crippen LogP contribution in [0.4, 0.5) is 5.69 Å². The van der Waals surface area contributed by atoms with Crippen molar-refractivity contribution in [2.75, 3.05) is 19.4 Å². The van der Waals surface area contributed by atoms with Crippen LogP contribution < -0.4 is 5.32 Å². The summed E-state index contributed by atoms with van der Waals surface area (Å²) < 4.78 is 26.2. The van der Waals surface area contributed by atoms with Crippen molar-refractivity contribution in [2.45, 2.75) is 11.4 Å². The van der Waals surface area contributed by atoms with Crippen molar-refractivity contribution in [1.82, 2.24) is 24.5 Å². The highest BCUT2D eigenvalue weighted by atomic mass is 32.2. The minimum atomic E-state index is -3.47. The van der Waals surface area contributed by atoms with E-state index in [-0.39, 0.29) is 17.3 Å². The molecule has 0 saturated carbocycles. The Morgan fingerprint density at radius 3 is 2.48 bits per heavy atom. The van der Waals surface area contributed by atoms with Crippen LogP contribution in [0.3, 0.4) is 0 Å². The number of hydrogen-bond donors (Lipinski definition) is 1. The molecule has 10 heteroatoms. The predicted molar refractivity (Wildman–Crippen MR) is 73.8 cm³/mol. The highest BCUT2D eigenvalue weighted by Crippen LogP contribution is 2.16. The van der Waals surface area contributed by atoms with E-state index in [4.69, 9.17) is 0 Å². The molecule has 21 heavy (non-hydrogen) atoms. The second-order valence-electron chi connectivity index (χ2n) is 4.37. The van der Waals surface area contributed by atoms with Crippen molar-refractivity contribution in [3.05, 3.63) is 30.6 Å². The average molecular weight is 310 g/mol. The molecule has 0 aliphatic carbocycles. The van der Waals surface area contributed by atoms with Crippen LogP contribution in [0.1, 0.15) is 0 Å². The van der Waals surface area contributed by atoms with Gasteiger partial charge in [0, 0.05) is 19.8 Å². The fourth-order valence-corrected chi connectivity index (χ4v) is 2.42. The molecule has 2 rings (SSSR count). The Morgan fingerprint density at radius 1 is 1.29 bits per heavy atom. The predicted octanol–water partition coefficient (Wildman–Crippen LogP) is -0.438. The van der Waals surface area contributed by atoms with Crippen molar-refractivity contribution in [3.8, 4) is 0 Å². The first-order valence-corrected chi connectivity index (χ1v) is 7.37. The van der Waals surface area contributed by atoms with Crippen LogP contribution in [0.25, 0.3) is 0 Å². The maximum absolute atomic E-state index is 11.9. The molecule has 1 aromatic heterocycles. The summed E-state index contributed by atoms with van der Waals surface area (Å²) in [5.41, 5.74) is 0.491. The lowest BCUT2D eigenvalue weighted by Crippen LogP contribution is -2.22. The van der Waals surface area contributed by atoms with E-state index in [9.17, 15) is 13.2 Å². The molecule has 0 bridgehead atoms. The fraction of sp³-hybridized carbons (Fsp3) is 0.273. The number of carbonyl (C=O) groups is 1. The van der Waals surface area contributed by atoms with E-state index in [1.807, 2.05) is 0 Å². The summed E-state index contributed by atoms with van der Waals surface area (Å²) in [7, 11) is -0.562. The Bertz CT molecular complexity index is 709. The highest BCUT2D eigenvalue weighted by molar-refractivity contribution is 7.89. The van der Waals surface area contributed by atoms with Gasteiger partial charge in [0.2, 0.25) is 15.9 Å². The van der Waals surface area contributed by atoms with E-state index in [1.165, 1.54) is 49.4 Å². The van der Waals surface area contributed by atoms with Gasteiger partial charge < -0.3 is 5.32 Å². The number of benzene rings is 1. The van der Waals surface area contributed by atoms with Crippen molar-refractivity contribution >= 4 is 21.6 Å². The third-order valence-electron chi connectivity index (χ3n) is 2.61. The summed E-state index contributed by atoms with van der Waals surface area (Å²) in [5, 5.41) is 13.0. The SMILES string of the molecule is CN(C)S(=O)(=O)c1ccc(NC(=O)Cn2cnnn2)cc1. The molecule has 9 nitrogen and oxygen atoms in total. The molecule has 1 aromatic carbocycles. The minimum absolute atomic E-state index is 0.0231. The maximum Gasteiger partial charge on any atom is 0.246 e. The van der Waals surface area contributed by atoms with E-state index in [2.05, 4.69) is 20.8 Å². The number of rotatable bonds is 5. The molecule has 112 valence electrons. The Balaban J connectivity index is 2.04. The van der Waals surface area contributed by atoms with Crippen LogP contribution in [0.2, 0.25) is 0 Å². The molecule has 2 aromatic rings. The molecule has 1 heterocycles. The highest BCUT2D eigenvalue weighted by Gasteiger charge is 2.16. The van der Waals surface area contributed by atoms with Crippen molar-refractivity contribution in [3.63, 3.8) is 0 Å². The van der Waals surface area contributed by atoms with E-state index in [0.717, 1.165) is 4.31 Å². The molecule has 0 atom stereocenters. The largest absolute Gasteiger partial charge is 0.324 e. The molecule has 0 saturated heterocycles.